The van der Waals surface area contributed by atoms with Crippen LogP contribution in [0.2, 0.25) is 0 Å². The molecule has 1 amide bonds. The van der Waals surface area contributed by atoms with E-state index in [9.17, 15) is 9.90 Å². The van der Waals surface area contributed by atoms with Crippen molar-refractivity contribution in [3.63, 3.8) is 0 Å². The fourth-order valence-electron chi connectivity index (χ4n) is 3.46. The van der Waals surface area contributed by atoms with E-state index in [1.54, 1.807) is 18.5 Å². The van der Waals surface area contributed by atoms with E-state index >= 15 is 0 Å². The summed E-state index contributed by atoms with van der Waals surface area (Å²) in [5.74, 6) is 0.391. The van der Waals surface area contributed by atoms with Gasteiger partial charge in [-0.25, -0.2) is 0 Å². The molecule has 138 valence electrons. The van der Waals surface area contributed by atoms with Crippen LogP contribution in [0.4, 0.5) is 5.69 Å². The Hall–Kier alpha value is -2.25. The van der Waals surface area contributed by atoms with Crippen LogP contribution in [0.5, 0.6) is 0 Å². The summed E-state index contributed by atoms with van der Waals surface area (Å²) in [6, 6.07) is 5.68. The molecule has 2 aromatic rings. The third-order valence-corrected chi connectivity index (χ3v) is 5.08. The SMILES string of the molecule is O=C(CCN1CCCn2nc([C@H](O)C3CC3)cc2C1)Nc1cccnc1. The monoisotopic (exact) mass is 355 g/mol. The number of anilines is 1. The van der Waals surface area contributed by atoms with Crippen LogP contribution >= 0.6 is 0 Å². The highest BCUT2D eigenvalue weighted by molar-refractivity contribution is 5.90. The second-order valence-corrected chi connectivity index (χ2v) is 7.24. The molecule has 1 aliphatic heterocycles. The molecule has 1 atom stereocenters. The zero-order valence-electron chi connectivity index (χ0n) is 14.8. The Morgan fingerprint density at radius 2 is 2.27 bits per heavy atom. The van der Waals surface area contributed by atoms with Crippen molar-refractivity contribution < 1.29 is 9.90 Å². The molecule has 0 unspecified atom stereocenters. The fraction of sp³-hybridized carbons (Fsp3) is 0.526. The number of hydrogen-bond acceptors (Lipinski definition) is 5. The maximum atomic E-state index is 12.1. The van der Waals surface area contributed by atoms with Gasteiger partial charge in [0.05, 0.1) is 23.3 Å². The molecule has 2 aromatic heterocycles. The van der Waals surface area contributed by atoms with Crippen molar-refractivity contribution in [2.45, 2.75) is 44.9 Å². The summed E-state index contributed by atoms with van der Waals surface area (Å²) in [6.45, 7) is 3.29. The van der Waals surface area contributed by atoms with Gasteiger partial charge in [0.2, 0.25) is 5.91 Å². The molecule has 1 aliphatic carbocycles. The highest BCUT2D eigenvalue weighted by atomic mass is 16.3. The Morgan fingerprint density at radius 1 is 1.38 bits per heavy atom. The lowest BCUT2D eigenvalue weighted by Crippen LogP contribution is -2.27. The highest BCUT2D eigenvalue weighted by Crippen LogP contribution is 2.40. The third-order valence-electron chi connectivity index (χ3n) is 5.08. The Balaban J connectivity index is 1.32. The molecule has 0 spiro atoms. The molecule has 0 bridgehead atoms. The number of carbonyl (C=O) groups is 1. The number of rotatable bonds is 6. The summed E-state index contributed by atoms with van der Waals surface area (Å²) < 4.78 is 2.02. The van der Waals surface area contributed by atoms with Crippen LogP contribution in [-0.2, 0) is 17.9 Å². The third kappa shape index (κ3) is 4.11. The number of amides is 1. The predicted octanol–water partition coefficient (Wildman–Crippen LogP) is 1.96. The summed E-state index contributed by atoms with van der Waals surface area (Å²) in [5.41, 5.74) is 2.66. The van der Waals surface area contributed by atoms with Gasteiger partial charge in [0.1, 0.15) is 6.10 Å². The van der Waals surface area contributed by atoms with Crippen LogP contribution < -0.4 is 5.32 Å². The molecule has 3 heterocycles. The highest BCUT2D eigenvalue weighted by Gasteiger charge is 2.33. The van der Waals surface area contributed by atoms with Crippen LogP contribution in [0.1, 0.15) is 43.2 Å². The molecular formula is C19H25N5O2. The Kier molecular flexibility index (Phi) is 4.99. The van der Waals surface area contributed by atoms with Crippen LogP contribution in [0.3, 0.4) is 0 Å². The second kappa shape index (κ2) is 7.55. The maximum Gasteiger partial charge on any atom is 0.225 e. The normalized spacial score (nSPS) is 18.8. The van der Waals surface area contributed by atoms with E-state index in [2.05, 4.69) is 20.3 Å². The second-order valence-electron chi connectivity index (χ2n) is 7.24. The molecule has 4 rings (SSSR count). The summed E-state index contributed by atoms with van der Waals surface area (Å²) in [7, 11) is 0. The molecule has 0 saturated heterocycles. The van der Waals surface area contributed by atoms with Crippen molar-refractivity contribution in [3.05, 3.63) is 42.0 Å². The van der Waals surface area contributed by atoms with Gasteiger partial charge in [0.15, 0.2) is 0 Å². The van der Waals surface area contributed by atoms with Crippen molar-refractivity contribution in [1.82, 2.24) is 19.7 Å². The number of pyridine rings is 1. The molecular weight excluding hydrogens is 330 g/mol. The van der Waals surface area contributed by atoms with Crippen molar-refractivity contribution in [3.8, 4) is 0 Å². The lowest BCUT2D eigenvalue weighted by atomic mass is 10.1. The number of hydrogen-bond donors (Lipinski definition) is 2. The molecule has 7 nitrogen and oxygen atoms in total. The van der Waals surface area contributed by atoms with Crippen LogP contribution in [-0.4, -0.2) is 43.8 Å². The van der Waals surface area contributed by atoms with E-state index in [4.69, 9.17) is 0 Å². The maximum absolute atomic E-state index is 12.1. The van der Waals surface area contributed by atoms with E-state index in [-0.39, 0.29) is 5.91 Å². The van der Waals surface area contributed by atoms with Crippen LogP contribution in [0, 0.1) is 5.92 Å². The van der Waals surface area contributed by atoms with Crippen molar-refractivity contribution >= 4 is 11.6 Å². The molecule has 0 aromatic carbocycles. The van der Waals surface area contributed by atoms with Gasteiger partial charge in [-0.1, -0.05) is 0 Å². The lowest BCUT2D eigenvalue weighted by molar-refractivity contribution is -0.116. The molecule has 2 aliphatic rings. The zero-order chi connectivity index (χ0) is 17.9. The first-order valence-electron chi connectivity index (χ1n) is 9.36. The molecule has 26 heavy (non-hydrogen) atoms. The van der Waals surface area contributed by atoms with E-state index in [1.807, 2.05) is 16.8 Å². The summed E-state index contributed by atoms with van der Waals surface area (Å²) >= 11 is 0. The minimum absolute atomic E-state index is 0.000555. The fourth-order valence-corrected chi connectivity index (χ4v) is 3.46. The van der Waals surface area contributed by atoms with E-state index in [0.29, 0.717) is 18.9 Å². The largest absolute Gasteiger partial charge is 0.386 e. The van der Waals surface area contributed by atoms with Gasteiger partial charge in [-0.05, 0) is 43.4 Å². The average molecular weight is 355 g/mol. The molecule has 7 heteroatoms. The number of aliphatic hydroxyl groups excluding tert-OH is 1. The minimum Gasteiger partial charge on any atom is -0.386 e. The average Bonchev–Trinajstić information content (AvgIpc) is 3.45. The van der Waals surface area contributed by atoms with Gasteiger partial charge in [0.25, 0.3) is 0 Å². The van der Waals surface area contributed by atoms with Crippen LogP contribution in [0.25, 0.3) is 0 Å². The number of aryl methyl sites for hydroxylation is 1. The number of aliphatic hydroxyl groups is 1. The molecule has 2 N–H and O–H groups in total. The van der Waals surface area contributed by atoms with E-state index < -0.39 is 6.10 Å². The first-order chi connectivity index (χ1) is 12.7. The van der Waals surface area contributed by atoms with E-state index in [1.165, 1.54) is 0 Å². The smallest absolute Gasteiger partial charge is 0.225 e. The number of nitrogens with one attached hydrogen (secondary N) is 1. The topological polar surface area (TPSA) is 83.3 Å². The number of fused-ring (bicyclic) bond motifs is 1. The number of aromatic nitrogens is 3. The van der Waals surface area contributed by atoms with E-state index in [0.717, 1.165) is 56.0 Å². The van der Waals surface area contributed by atoms with Crippen molar-refractivity contribution in [1.29, 1.82) is 0 Å². The summed E-state index contributed by atoms with van der Waals surface area (Å²) in [6.07, 6.45) is 6.55. The van der Waals surface area contributed by atoms with Crippen molar-refractivity contribution in [2.24, 2.45) is 5.92 Å². The number of nitrogens with zero attached hydrogens (tertiary/aromatic N) is 4. The lowest BCUT2D eigenvalue weighted by Gasteiger charge is -2.19. The summed E-state index contributed by atoms with van der Waals surface area (Å²) in [4.78, 5) is 18.4. The van der Waals surface area contributed by atoms with Gasteiger partial charge in [-0.15, -0.1) is 0 Å². The number of carbonyl (C=O) groups excluding carboxylic acids is 1. The minimum atomic E-state index is -0.423. The first-order valence-corrected chi connectivity index (χ1v) is 9.36. The standard InChI is InChI=1S/C19H25N5O2/c25-18(21-15-3-1-7-20-12-15)6-10-23-8-2-9-24-16(13-23)11-17(22-24)19(26)14-4-5-14/h1,3,7,11-12,14,19,26H,2,4-6,8-10,13H2,(H,21,25)/t19-/m1/s1. The van der Waals surface area contributed by atoms with Crippen LogP contribution in [0.15, 0.2) is 30.6 Å². The van der Waals surface area contributed by atoms with Gasteiger partial charge in [-0.3, -0.25) is 19.4 Å². The van der Waals surface area contributed by atoms with Gasteiger partial charge < -0.3 is 10.4 Å². The van der Waals surface area contributed by atoms with Gasteiger partial charge in [-0.2, -0.15) is 5.10 Å². The Bertz CT molecular complexity index is 757. The zero-order valence-corrected chi connectivity index (χ0v) is 14.8. The Morgan fingerprint density at radius 3 is 3.04 bits per heavy atom. The molecule has 1 fully saturated rings. The molecule has 0 radical (unpaired) electrons. The predicted molar refractivity (Wildman–Crippen MR) is 97.3 cm³/mol. The summed E-state index contributed by atoms with van der Waals surface area (Å²) in [5, 5.41) is 17.8. The Labute approximate surface area is 153 Å². The molecule has 1 saturated carbocycles. The quantitative estimate of drug-likeness (QED) is 0.828. The van der Waals surface area contributed by atoms with Gasteiger partial charge in [0, 0.05) is 38.8 Å². The van der Waals surface area contributed by atoms with Gasteiger partial charge >= 0.3 is 0 Å². The first kappa shape index (κ1) is 17.2. The van der Waals surface area contributed by atoms with Crippen molar-refractivity contribution in [2.75, 3.05) is 18.4 Å².